The maximum Gasteiger partial charge on any atom is 0.127 e. The monoisotopic (exact) mass is 534 g/mol. The zero-order valence-electron chi connectivity index (χ0n) is 24.7. The Hall–Kier alpha value is -1.68. The molecule has 0 aliphatic carbocycles. The Morgan fingerprint density at radius 1 is 0.865 bits per heavy atom. The van der Waals surface area contributed by atoms with E-state index in [9.17, 15) is 0 Å². The fraction of sp³-hybridized carbons (Fsp3) is 0.471. The van der Waals surface area contributed by atoms with Gasteiger partial charge in [-0.25, -0.2) is 0 Å². The van der Waals surface area contributed by atoms with Gasteiger partial charge in [-0.3, -0.25) is 0 Å². The summed E-state index contributed by atoms with van der Waals surface area (Å²) in [5.74, 6) is 1.12. The maximum atomic E-state index is 6.86. The van der Waals surface area contributed by atoms with E-state index in [1.165, 1.54) is 34.0 Å². The minimum atomic E-state index is -0.00429. The lowest BCUT2D eigenvalue weighted by Gasteiger charge is -2.38. The molecule has 0 saturated heterocycles. The second kappa shape index (κ2) is 12.9. The Bertz CT molecular complexity index is 1160. The quantitative estimate of drug-likeness (QED) is 0.222. The van der Waals surface area contributed by atoms with Gasteiger partial charge in [0.05, 0.1) is 0 Å². The highest BCUT2D eigenvalue weighted by Gasteiger charge is 2.36. The number of hydrogen-bond acceptors (Lipinski definition) is 1. The van der Waals surface area contributed by atoms with Crippen molar-refractivity contribution in [3.05, 3.63) is 94.0 Å². The first-order chi connectivity index (χ1) is 17.5. The van der Waals surface area contributed by atoms with Crippen molar-refractivity contribution in [3.8, 4) is 5.75 Å². The molecule has 3 heteroatoms. The Balaban J connectivity index is 2.23. The van der Waals surface area contributed by atoms with Crippen LogP contribution in [0.2, 0.25) is 0 Å². The van der Waals surface area contributed by atoms with Gasteiger partial charge in [-0.2, -0.15) is 0 Å². The van der Waals surface area contributed by atoms with Crippen molar-refractivity contribution in [3.63, 3.8) is 0 Å². The van der Waals surface area contributed by atoms with Crippen molar-refractivity contribution in [2.45, 2.75) is 91.1 Å². The molecule has 0 bridgehead atoms. The Labute approximate surface area is 230 Å². The molecule has 200 valence electrons. The predicted octanol–water partition coefficient (Wildman–Crippen LogP) is 9.83. The average Bonchev–Trinajstić information content (AvgIpc) is 2.84. The van der Waals surface area contributed by atoms with Crippen LogP contribution in [0.25, 0.3) is 0 Å². The maximum absolute atomic E-state index is 6.86. The van der Waals surface area contributed by atoms with Crippen LogP contribution in [-0.4, -0.2) is 13.3 Å². The summed E-state index contributed by atoms with van der Waals surface area (Å²) in [6, 6.07) is 22.4. The van der Waals surface area contributed by atoms with Gasteiger partial charge in [0.2, 0.25) is 0 Å². The molecular weight excluding hydrogens is 486 g/mol. The van der Waals surface area contributed by atoms with Crippen molar-refractivity contribution < 1.29 is 4.74 Å². The van der Waals surface area contributed by atoms with Gasteiger partial charge in [0.15, 0.2) is 0 Å². The van der Waals surface area contributed by atoms with Crippen LogP contribution in [0.4, 0.5) is 0 Å². The largest absolute Gasteiger partial charge is 0.488 e. The first-order valence-electron chi connectivity index (χ1n) is 13.8. The third kappa shape index (κ3) is 7.46. The summed E-state index contributed by atoms with van der Waals surface area (Å²) in [6.45, 7) is 21.7. The summed E-state index contributed by atoms with van der Waals surface area (Å²) in [5.41, 5.74) is 8.29. The Morgan fingerprint density at radius 3 is 2.14 bits per heavy atom. The zero-order valence-corrected chi connectivity index (χ0v) is 26.6. The Morgan fingerprint density at radius 2 is 1.54 bits per heavy atom. The normalized spacial score (nSPS) is 13.9. The van der Waals surface area contributed by atoms with E-state index >= 15 is 0 Å². The second-order valence-corrected chi connectivity index (χ2v) is 16.1. The van der Waals surface area contributed by atoms with E-state index in [2.05, 4.69) is 122 Å². The first-order valence-corrected chi connectivity index (χ1v) is 17.3. The van der Waals surface area contributed by atoms with Gasteiger partial charge >= 0.3 is 0 Å². The van der Waals surface area contributed by atoms with Crippen LogP contribution in [-0.2, 0) is 23.3 Å². The summed E-state index contributed by atoms with van der Waals surface area (Å²) >= 11 is 0. The molecule has 0 N–H and O–H groups in total. The van der Waals surface area contributed by atoms with Gasteiger partial charge in [0, 0.05) is 16.3 Å². The predicted molar refractivity (Wildman–Crippen MR) is 169 cm³/mol. The van der Waals surface area contributed by atoms with Crippen LogP contribution in [0.5, 0.6) is 5.75 Å². The lowest BCUT2D eigenvalue weighted by molar-refractivity contribution is 0.289. The highest BCUT2D eigenvalue weighted by Crippen LogP contribution is 2.54. The smallest absolute Gasteiger partial charge is 0.127 e. The van der Waals surface area contributed by atoms with Gasteiger partial charge in [0.25, 0.3) is 0 Å². The topological polar surface area (TPSA) is 9.23 Å². The number of hydrogen-bond donors (Lipinski definition) is 0. The first kappa shape index (κ1) is 29.9. The van der Waals surface area contributed by atoms with E-state index in [1.54, 1.807) is 10.9 Å². The molecule has 0 aliphatic heterocycles. The number of aryl methyl sites for hydroxylation is 2. The molecule has 0 aromatic heterocycles. The van der Waals surface area contributed by atoms with Gasteiger partial charge in [-0.1, -0.05) is 116 Å². The van der Waals surface area contributed by atoms with E-state index in [0.717, 1.165) is 33.6 Å². The van der Waals surface area contributed by atoms with Crippen molar-refractivity contribution in [1.29, 1.82) is 0 Å². The van der Waals surface area contributed by atoms with Crippen LogP contribution in [0.1, 0.15) is 87.3 Å². The van der Waals surface area contributed by atoms with Crippen molar-refractivity contribution in [1.82, 2.24) is 0 Å². The second-order valence-electron chi connectivity index (χ2n) is 11.9. The van der Waals surface area contributed by atoms with E-state index in [1.807, 2.05) is 0 Å². The third-order valence-electron chi connectivity index (χ3n) is 7.27. The Kier molecular flexibility index (Phi) is 10.4. The zero-order chi connectivity index (χ0) is 27.2. The summed E-state index contributed by atoms with van der Waals surface area (Å²) in [6.07, 6.45) is 4.63. The molecule has 3 rings (SSSR count). The minimum Gasteiger partial charge on any atom is -0.488 e. The highest BCUT2D eigenvalue weighted by atomic mass is 31.1. The molecule has 0 spiro atoms. The molecular formula is C34H48OP2. The molecule has 0 heterocycles. The molecule has 2 atom stereocenters. The minimum absolute atomic E-state index is 0.00294. The fourth-order valence-electron chi connectivity index (χ4n) is 5.34. The third-order valence-corrected chi connectivity index (χ3v) is 10.6. The van der Waals surface area contributed by atoms with E-state index < -0.39 is 0 Å². The van der Waals surface area contributed by atoms with Gasteiger partial charge in [-0.05, 0) is 73.6 Å². The summed E-state index contributed by atoms with van der Waals surface area (Å²) in [5, 5.41) is 1.64. The van der Waals surface area contributed by atoms with Crippen LogP contribution >= 0.6 is 16.5 Å². The van der Waals surface area contributed by atoms with E-state index in [4.69, 9.17) is 4.74 Å². The van der Waals surface area contributed by atoms with E-state index in [-0.39, 0.29) is 18.5 Å². The van der Waals surface area contributed by atoms with E-state index in [0.29, 0.717) is 6.61 Å². The molecule has 3 aromatic carbocycles. The SMILES string of the molecule is CCCC(CC)(Pc1c(C)cccc1CP(C)C)c1cc(C)cc(C(C)(C)C)c1OCc1ccccc1. The number of rotatable bonds is 11. The molecule has 2 unspecified atom stereocenters. The van der Waals surface area contributed by atoms with Crippen molar-refractivity contribution in [2.75, 3.05) is 13.3 Å². The fourth-order valence-corrected chi connectivity index (χ4v) is 8.39. The van der Waals surface area contributed by atoms with Crippen LogP contribution in [0.15, 0.2) is 60.7 Å². The van der Waals surface area contributed by atoms with Gasteiger partial charge in [0.1, 0.15) is 12.4 Å². The lowest BCUT2D eigenvalue weighted by atomic mass is 9.80. The average molecular weight is 535 g/mol. The summed E-state index contributed by atoms with van der Waals surface area (Å²) in [4.78, 5) is 0. The van der Waals surface area contributed by atoms with Gasteiger partial charge < -0.3 is 4.74 Å². The molecule has 37 heavy (non-hydrogen) atoms. The molecule has 0 aliphatic rings. The standard InChI is InChI=1S/C34H48OP2/c1-10-20-34(11-2,36-32-26(4)16-15-19-28(32)24-37(8)9)30-22-25(3)21-29(33(5,6)7)31(30)35-23-27-17-13-12-14-18-27/h12-19,21-22,36H,10-11,20,23-24H2,1-9H3. The molecule has 0 fully saturated rings. The summed E-state index contributed by atoms with van der Waals surface area (Å²) in [7, 11) is 0.724. The van der Waals surface area contributed by atoms with Crippen LogP contribution in [0, 0.1) is 13.8 Å². The van der Waals surface area contributed by atoms with Crippen LogP contribution in [0.3, 0.4) is 0 Å². The lowest BCUT2D eigenvalue weighted by Crippen LogP contribution is -2.27. The summed E-state index contributed by atoms with van der Waals surface area (Å²) < 4.78 is 6.86. The molecule has 0 amide bonds. The molecule has 0 saturated carbocycles. The van der Waals surface area contributed by atoms with Crippen molar-refractivity contribution in [2.24, 2.45) is 0 Å². The van der Waals surface area contributed by atoms with Crippen LogP contribution < -0.4 is 10.0 Å². The number of ether oxygens (including phenoxy) is 1. The van der Waals surface area contributed by atoms with Gasteiger partial charge in [-0.15, -0.1) is 7.92 Å². The van der Waals surface area contributed by atoms with Crippen molar-refractivity contribution >= 4 is 21.8 Å². The molecule has 0 radical (unpaired) electrons. The molecule has 3 aromatic rings. The number of benzene rings is 3. The molecule has 1 nitrogen and oxygen atoms in total. The highest BCUT2D eigenvalue weighted by molar-refractivity contribution is 7.55.